The van der Waals surface area contributed by atoms with Gasteiger partial charge < -0.3 is 15.4 Å². The van der Waals surface area contributed by atoms with Crippen LogP contribution in [-0.2, 0) is 9.53 Å². The van der Waals surface area contributed by atoms with Crippen LogP contribution in [0.15, 0.2) is 0 Å². The molecule has 0 radical (unpaired) electrons. The van der Waals surface area contributed by atoms with Gasteiger partial charge in [0.15, 0.2) is 0 Å². The van der Waals surface area contributed by atoms with E-state index in [0.29, 0.717) is 18.9 Å². The Balaban J connectivity index is 0.00000196. The zero-order valence-electron chi connectivity index (χ0n) is 9.44. The Bertz CT molecular complexity index is 196. The van der Waals surface area contributed by atoms with E-state index in [9.17, 15) is 4.79 Å². The van der Waals surface area contributed by atoms with E-state index in [4.69, 9.17) is 10.5 Å². The van der Waals surface area contributed by atoms with Crippen molar-refractivity contribution in [2.75, 3.05) is 26.8 Å². The first-order valence-electron chi connectivity index (χ1n) is 5.18. The maximum atomic E-state index is 11.7. The highest BCUT2D eigenvalue weighted by molar-refractivity contribution is 5.85. The summed E-state index contributed by atoms with van der Waals surface area (Å²) in [6, 6.07) is 0.129. The van der Waals surface area contributed by atoms with Crippen molar-refractivity contribution < 1.29 is 9.53 Å². The number of carbonyl (C=O) groups is 1. The molecule has 0 saturated carbocycles. The van der Waals surface area contributed by atoms with Crippen molar-refractivity contribution in [3.05, 3.63) is 0 Å². The molecular weight excluding hydrogens is 216 g/mol. The first kappa shape index (κ1) is 14.7. The van der Waals surface area contributed by atoms with Gasteiger partial charge in [0.1, 0.15) is 0 Å². The molecule has 1 aliphatic heterocycles. The quantitative estimate of drug-likeness (QED) is 0.780. The lowest BCUT2D eigenvalue weighted by molar-refractivity contribution is -0.132. The Labute approximate surface area is 97.5 Å². The van der Waals surface area contributed by atoms with Crippen molar-refractivity contribution in [2.45, 2.75) is 25.8 Å². The summed E-state index contributed by atoms with van der Waals surface area (Å²) in [7, 11) is 1.82. The van der Waals surface area contributed by atoms with Gasteiger partial charge in [0.05, 0.1) is 0 Å². The number of ether oxygens (including phenoxy) is 1. The van der Waals surface area contributed by atoms with Crippen LogP contribution in [0.4, 0.5) is 0 Å². The lowest BCUT2D eigenvalue weighted by Crippen LogP contribution is -2.40. The SMILES string of the molecule is CC(CN)N(C)C(=O)CC1CCOC1.Cl. The highest BCUT2D eigenvalue weighted by Crippen LogP contribution is 2.17. The number of likely N-dealkylation sites (N-methyl/N-ethyl adjacent to an activating group) is 1. The van der Waals surface area contributed by atoms with E-state index in [1.807, 2.05) is 14.0 Å². The molecular formula is C10H21ClN2O2. The minimum Gasteiger partial charge on any atom is -0.381 e. The average molecular weight is 237 g/mol. The summed E-state index contributed by atoms with van der Waals surface area (Å²) >= 11 is 0. The topological polar surface area (TPSA) is 55.6 Å². The van der Waals surface area contributed by atoms with E-state index in [1.54, 1.807) is 4.90 Å². The summed E-state index contributed by atoms with van der Waals surface area (Å²) < 4.78 is 5.23. The minimum absolute atomic E-state index is 0. The molecule has 1 heterocycles. The number of hydrogen-bond acceptors (Lipinski definition) is 3. The molecule has 2 unspecified atom stereocenters. The number of nitrogens with two attached hydrogens (primary N) is 1. The molecule has 0 aromatic carbocycles. The number of hydrogen-bond donors (Lipinski definition) is 1. The predicted octanol–water partition coefficient (Wildman–Crippen LogP) is 0.640. The first-order valence-corrected chi connectivity index (χ1v) is 5.18. The third-order valence-corrected chi connectivity index (χ3v) is 2.88. The highest BCUT2D eigenvalue weighted by atomic mass is 35.5. The van der Waals surface area contributed by atoms with Crippen LogP contribution >= 0.6 is 12.4 Å². The van der Waals surface area contributed by atoms with Gasteiger partial charge in [-0.15, -0.1) is 12.4 Å². The number of halogens is 1. The fourth-order valence-electron chi connectivity index (χ4n) is 1.54. The van der Waals surface area contributed by atoms with Gasteiger partial charge in [-0.2, -0.15) is 0 Å². The monoisotopic (exact) mass is 236 g/mol. The smallest absolute Gasteiger partial charge is 0.222 e. The Morgan fingerprint density at radius 2 is 2.33 bits per heavy atom. The lowest BCUT2D eigenvalue weighted by Gasteiger charge is -2.24. The molecule has 5 heteroatoms. The Kier molecular flexibility index (Phi) is 6.89. The minimum atomic E-state index is 0. The molecule has 15 heavy (non-hydrogen) atoms. The van der Waals surface area contributed by atoms with Crippen LogP contribution < -0.4 is 5.73 Å². The summed E-state index contributed by atoms with van der Waals surface area (Å²) in [5.74, 6) is 0.591. The molecule has 0 spiro atoms. The average Bonchev–Trinajstić information content (AvgIpc) is 2.68. The normalized spacial score (nSPS) is 21.9. The van der Waals surface area contributed by atoms with E-state index in [2.05, 4.69) is 0 Å². The number of amides is 1. The second-order valence-electron chi connectivity index (χ2n) is 4.02. The van der Waals surface area contributed by atoms with Gasteiger partial charge in [-0.3, -0.25) is 4.79 Å². The molecule has 2 N–H and O–H groups in total. The maximum absolute atomic E-state index is 11.7. The van der Waals surface area contributed by atoms with Crippen LogP contribution in [0.25, 0.3) is 0 Å². The number of carbonyl (C=O) groups excluding carboxylic acids is 1. The van der Waals surface area contributed by atoms with Crippen molar-refractivity contribution in [1.82, 2.24) is 4.90 Å². The van der Waals surface area contributed by atoms with E-state index < -0.39 is 0 Å². The Hall–Kier alpha value is -0.320. The van der Waals surface area contributed by atoms with Crippen LogP contribution in [0.3, 0.4) is 0 Å². The summed E-state index contributed by atoms with van der Waals surface area (Å²) in [5.41, 5.74) is 5.50. The van der Waals surface area contributed by atoms with Gasteiger partial charge in [0.2, 0.25) is 5.91 Å². The Morgan fingerprint density at radius 1 is 1.67 bits per heavy atom. The third kappa shape index (κ3) is 4.36. The molecule has 0 aromatic rings. The third-order valence-electron chi connectivity index (χ3n) is 2.88. The number of rotatable bonds is 4. The van der Waals surface area contributed by atoms with Gasteiger partial charge in [-0.1, -0.05) is 0 Å². The molecule has 1 fully saturated rings. The van der Waals surface area contributed by atoms with Crippen molar-refractivity contribution in [1.29, 1.82) is 0 Å². The van der Waals surface area contributed by atoms with Gasteiger partial charge >= 0.3 is 0 Å². The second kappa shape index (κ2) is 7.04. The van der Waals surface area contributed by atoms with Crippen LogP contribution in [0.1, 0.15) is 19.8 Å². The number of nitrogens with zero attached hydrogens (tertiary/aromatic N) is 1. The summed E-state index contributed by atoms with van der Waals surface area (Å²) in [4.78, 5) is 13.4. The van der Waals surface area contributed by atoms with Crippen molar-refractivity contribution in [3.8, 4) is 0 Å². The summed E-state index contributed by atoms with van der Waals surface area (Å²) in [6.45, 7) is 4.01. The molecule has 2 atom stereocenters. The molecule has 4 nitrogen and oxygen atoms in total. The molecule has 1 rings (SSSR count). The van der Waals surface area contributed by atoms with Crippen LogP contribution in [0, 0.1) is 5.92 Å². The van der Waals surface area contributed by atoms with E-state index >= 15 is 0 Å². The molecule has 90 valence electrons. The summed E-state index contributed by atoms with van der Waals surface area (Å²) in [6.07, 6.45) is 1.61. The van der Waals surface area contributed by atoms with Gasteiger partial charge in [-0.05, 0) is 19.3 Å². The second-order valence-corrected chi connectivity index (χ2v) is 4.02. The Morgan fingerprint density at radius 3 is 2.80 bits per heavy atom. The van der Waals surface area contributed by atoms with E-state index in [1.165, 1.54) is 0 Å². The van der Waals surface area contributed by atoms with Crippen molar-refractivity contribution in [3.63, 3.8) is 0 Å². The van der Waals surface area contributed by atoms with E-state index in [0.717, 1.165) is 19.6 Å². The van der Waals surface area contributed by atoms with Gasteiger partial charge in [-0.25, -0.2) is 0 Å². The zero-order chi connectivity index (χ0) is 10.6. The highest BCUT2D eigenvalue weighted by Gasteiger charge is 2.22. The molecule has 0 aliphatic carbocycles. The zero-order valence-corrected chi connectivity index (χ0v) is 10.3. The van der Waals surface area contributed by atoms with Crippen LogP contribution in [-0.4, -0.2) is 43.7 Å². The maximum Gasteiger partial charge on any atom is 0.222 e. The molecule has 0 aromatic heterocycles. The molecule has 1 saturated heterocycles. The van der Waals surface area contributed by atoms with Crippen molar-refractivity contribution >= 4 is 18.3 Å². The first-order chi connectivity index (χ1) is 6.65. The standard InChI is InChI=1S/C10H20N2O2.ClH/c1-8(6-11)12(2)10(13)5-9-3-4-14-7-9;/h8-9H,3-7,11H2,1-2H3;1H. The molecule has 1 amide bonds. The largest absolute Gasteiger partial charge is 0.381 e. The van der Waals surface area contributed by atoms with Gasteiger partial charge in [0.25, 0.3) is 0 Å². The fraction of sp³-hybridized carbons (Fsp3) is 0.900. The lowest BCUT2D eigenvalue weighted by atomic mass is 10.0. The van der Waals surface area contributed by atoms with Crippen LogP contribution in [0.2, 0.25) is 0 Å². The van der Waals surface area contributed by atoms with Gasteiger partial charge in [0, 0.05) is 39.3 Å². The fourth-order valence-corrected chi connectivity index (χ4v) is 1.54. The summed E-state index contributed by atoms with van der Waals surface area (Å²) in [5, 5.41) is 0. The molecule has 0 bridgehead atoms. The van der Waals surface area contributed by atoms with Crippen LogP contribution in [0.5, 0.6) is 0 Å². The van der Waals surface area contributed by atoms with E-state index in [-0.39, 0.29) is 24.4 Å². The predicted molar refractivity (Wildman–Crippen MR) is 62.1 cm³/mol. The molecule has 1 aliphatic rings. The van der Waals surface area contributed by atoms with Crippen molar-refractivity contribution in [2.24, 2.45) is 11.7 Å².